The molecule has 2 atom stereocenters. The summed E-state index contributed by atoms with van der Waals surface area (Å²) >= 11 is 1.62. The van der Waals surface area contributed by atoms with Crippen LogP contribution in [0.25, 0.3) is 0 Å². The van der Waals surface area contributed by atoms with Crippen LogP contribution >= 0.6 is 11.8 Å². The van der Waals surface area contributed by atoms with Gasteiger partial charge in [0.05, 0.1) is 5.94 Å². The van der Waals surface area contributed by atoms with Crippen molar-refractivity contribution in [2.75, 3.05) is 11.7 Å². The second-order valence-corrected chi connectivity index (χ2v) is 17.1. The molecule has 0 saturated carbocycles. The van der Waals surface area contributed by atoms with Crippen LogP contribution in [0, 0.1) is 0 Å². The van der Waals surface area contributed by atoms with E-state index < -0.39 is 16.6 Å². The number of hydrogen-bond donors (Lipinski definition) is 1. The van der Waals surface area contributed by atoms with E-state index in [1.807, 2.05) is 0 Å². The monoisotopic (exact) mass is 356 g/mol. The highest BCUT2D eigenvalue weighted by atomic mass is 32.2. The van der Waals surface area contributed by atoms with Gasteiger partial charge in [-0.3, -0.25) is 0 Å². The van der Waals surface area contributed by atoms with Crippen molar-refractivity contribution in [1.82, 2.24) is 0 Å². The number of rotatable bonds is 10. The SMILES string of the molecule is CCC(C[Si](C)(CCSCO)O[Si](C)(C)C)c1ccccc1. The van der Waals surface area contributed by atoms with Gasteiger partial charge in [-0.25, -0.2) is 0 Å². The zero-order chi connectivity index (χ0) is 16.6. The standard InChI is InChI=1S/C17H32O2SSi2/c1-6-16(17-10-8-7-9-11-17)14-22(5,13-12-20-15-18)19-21(2,3)4/h7-11,16,18H,6,12-15H2,1-5H3. The lowest BCUT2D eigenvalue weighted by atomic mass is 9.99. The average molecular weight is 357 g/mol. The van der Waals surface area contributed by atoms with Crippen LogP contribution in [0.4, 0.5) is 0 Å². The van der Waals surface area contributed by atoms with Crippen LogP contribution < -0.4 is 0 Å². The van der Waals surface area contributed by atoms with Crippen molar-refractivity contribution < 1.29 is 9.22 Å². The number of aliphatic hydroxyl groups is 1. The van der Waals surface area contributed by atoms with Crippen molar-refractivity contribution in [2.45, 2.75) is 57.5 Å². The van der Waals surface area contributed by atoms with E-state index in [9.17, 15) is 0 Å². The Morgan fingerprint density at radius 3 is 2.27 bits per heavy atom. The minimum atomic E-state index is -1.76. The summed E-state index contributed by atoms with van der Waals surface area (Å²) in [5.74, 6) is 1.82. The maximum atomic E-state index is 9.05. The predicted molar refractivity (Wildman–Crippen MR) is 105 cm³/mol. The van der Waals surface area contributed by atoms with E-state index in [0.717, 1.165) is 18.2 Å². The van der Waals surface area contributed by atoms with E-state index in [1.165, 1.54) is 11.6 Å². The van der Waals surface area contributed by atoms with Gasteiger partial charge in [0.15, 0.2) is 16.6 Å². The van der Waals surface area contributed by atoms with Gasteiger partial charge in [0, 0.05) is 0 Å². The topological polar surface area (TPSA) is 29.5 Å². The summed E-state index contributed by atoms with van der Waals surface area (Å²) in [7, 11) is -3.30. The molecule has 1 rings (SSSR count). The fourth-order valence-electron chi connectivity index (χ4n) is 3.03. The van der Waals surface area contributed by atoms with Crippen molar-refractivity contribution >= 4 is 28.4 Å². The Kier molecular flexibility index (Phi) is 8.42. The normalized spacial score (nSPS) is 16.3. The highest BCUT2D eigenvalue weighted by Gasteiger charge is 2.36. The van der Waals surface area contributed by atoms with Crippen LogP contribution in [0.5, 0.6) is 0 Å². The Balaban J connectivity index is 2.85. The van der Waals surface area contributed by atoms with Gasteiger partial charge in [0.1, 0.15) is 0 Å². The first-order valence-corrected chi connectivity index (χ1v) is 15.6. The van der Waals surface area contributed by atoms with Gasteiger partial charge in [0.2, 0.25) is 0 Å². The van der Waals surface area contributed by atoms with Crippen molar-refractivity contribution in [2.24, 2.45) is 0 Å². The summed E-state index contributed by atoms with van der Waals surface area (Å²) in [6, 6.07) is 13.2. The largest absolute Gasteiger partial charge is 0.455 e. The van der Waals surface area contributed by atoms with Gasteiger partial charge in [-0.05, 0) is 61.9 Å². The molecular weight excluding hydrogens is 324 g/mol. The molecule has 0 aliphatic rings. The van der Waals surface area contributed by atoms with E-state index in [0.29, 0.717) is 5.92 Å². The minimum Gasteiger partial charge on any atom is -0.455 e. The summed E-state index contributed by atoms with van der Waals surface area (Å²) < 4.78 is 6.71. The van der Waals surface area contributed by atoms with Crippen LogP contribution in [0.3, 0.4) is 0 Å². The Labute approximate surface area is 142 Å². The summed E-state index contributed by atoms with van der Waals surface area (Å²) in [5.41, 5.74) is 1.44. The molecule has 126 valence electrons. The van der Waals surface area contributed by atoms with Crippen molar-refractivity contribution in [3.63, 3.8) is 0 Å². The maximum absolute atomic E-state index is 9.05. The number of thioether (sulfide) groups is 1. The van der Waals surface area contributed by atoms with Gasteiger partial charge in [-0.15, -0.1) is 11.8 Å². The lowest BCUT2D eigenvalue weighted by molar-refractivity contribution is 0.375. The third-order valence-corrected chi connectivity index (χ3v) is 12.0. The Morgan fingerprint density at radius 2 is 1.77 bits per heavy atom. The molecule has 0 fully saturated rings. The molecule has 0 saturated heterocycles. The quantitative estimate of drug-likeness (QED) is 0.351. The molecule has 0 aliphatic heterocycles. The highest BCUT2D eigenvalue weighted by Crippen LogP contribution is 2.34. The van der Waals surface area contributed by atoms with Gasteiger partial charge >= 0.3 is 0 Å². The third kappa shape index (κ3) is 7.46. The smallest absolute Gasteiger partial charge is 0.177 e. The lowest BCUT2D eigenvalue weighted by Crippen LogP contribution is -2.46. The Hall–Kier alpha value is -0.0762. The minimum absolute atomic E-state index is 0.216. The van der Waals surface area contributed by atoms with Gasteiger partial charge < -0.3 is 9.22 Å². The fraction of sp³-hybridized carbons (Fsp3) is 0.647. The molecule has 0 aromatic heterocycles. The van der Waals surface area contributed by atoms with Crippen LogP contribution in [0.1, 0.15) is 24.8 Å². The number of benzene rings is 1. The summed E-state index contributed by atoms with van der Waals surface area (Å²) in [4.78, 5) is 0. The molecule has 0 aliphatic carbocycles. The molecule has 2 nitrogen and oxygen atoms in total. The lowest BCUT2D eigenvalue weighted by Gasteiger charge is -2.37. The first kappa shape index (κ1) is 20.0. The zero-order valence-electron chi connectivity index (χ0n) is 14.8. The highest BCUT2D eigenvalue weighted by molar-refractivity contribution is 7.99. The van der Waals surface area contributed by atoms with Crippen LogP contribution in [0.15, 0.2) is 30.3 Å². The average Bonchev–Trinajstić information content (AvgIpc) is 2.44. The Bertz CT molecular complexity index is 422. The first-order valence-electron chi connectivity index (χ1n) is 8.23. The second kappa shape index (κ2) is 9.28. The van der Waals surface area contributed by atoms with Gasteiger partial charge in [-0.2, -0.15) is 0 Å². The summed E-state index contributed by atoms with van der Waals surface area (Å²) in [6.45, 7) is 11.6. The molecule has 2 unspecified atom stereocenters. The maximum Gasteiger partial charge on any atom is 0.177 e. The molecular formula is C17H32O2SSi2. The molecule has 1 aromatic carbocycles. The fourth-order valence-corrected chi connectivity index (χ4v) is 13.9. The van der Waals surface area contributed by atoms with Gasteiger partial charge in [0.25, 0.3) is 0 Å². The molecule has 0 spiro atoms. The summed E-state index contributed by atoms with van der Waals surface area (Å²) in [5, 5.41) is 9.05. The molecule has 0 bridgehead atoms. The molecule has 0 heterocycles. The van der Waals surface area contributed by atoms with Crippen molar-refractivity contribution in [1.29, 1.82) is 0 Å². The van der Waals surface area contributed by atoms with Crippen LogP contribution in [0.2, 0.25) is 38.3 Å². The Morgan fingerprint density at radius 1 is 1.14 bits per heavy atom. The first-order chi connectivity index (χ1) is 10.3. The van der Waals surface area contributed by atoms with E-state index in [4.69, 9.17) is 9.22 Å². The molecule has 1 aromatic rings. The summed E-state index contributed by atoms with van der Waals surface area (Å²) in [6.07, 6.45) is 1.16. The van der Waals surface area contributed by atoms with E-state index in [-0.39, 0.29) is 5.94 Å². The molecule has 22 heavy (non-hydrogen) atoms. The molecule has 5 heteroatoms. The van der Waals surface area contributed by atoms with E-state index >= 15 is 0 Å². The van der Waals surface area contributed by atoms with Crippen molar-refractivity contribution in [3.05, 3.63) is 35.9 Å². The van der Waals surface area contributed by atoms with E-state index in [1.54, 1.807) is 11.8 Å². The number of hydrogen-bond acceptors (Lipinski definition) is 3. The number of aliphatic hydroxyl groups excluding tert-OH is 1. The molecule has 0 amide bonds. The van der Waals surface area contributed by atoms with Crippen molar-refractivity contribution in [3.8, 4) is 0 Å². The molecule has 0 radical (unpaired) electrons. The van der Waals surface area contributed by atoms with Crippen LogP contribution in [-0.4, -0.2) is 33.4 Å². The van der Waals surface area contributed by atoms with E-state index in [2.05, 4.69) is 63.4 Å². The zero-order valence-corrected chi connectivity index (χ0v) is 17.6. The molecule has 1 N–H and O–H groups in total. The third-order valence-electron chi connectivity index (χ3n) is 3.86. The van der Waals surface area contributed by atoms with Gasteiger partial charge in [-0.1, -0.05) is 37.3 Å². The second-order valence-electron chi connectivity index (χ2n) is 7.17. The van der Waals surface area contributed by atoms with Crippen LogP contribution in [-0.2, 0) is 4.12 Å². The predicted octanol–water partition coefficient (Wildman–Crippen LogP) is 5.29.